The maximum Gasteiger partial charge on any atom is 0.163 e. The quantitative estimate of drug-likeness (QED) is 0.578. The van der Waals surface area contributed by atoms with Gasteiger partial charge in [0.2, 0.25) is 0 Å². The summed E-state index contributed by atoms with van der Waals surface area (Å²) in [7, 11) is 0. The first-order valence-electron chi connectivity index (χ1n) is 7.36. The smallest absolute Gasteiger partial charge is 0.163 e. The summed E-state index contributed by atoms with van der Waals surface area (Å²) in [4.78, 5) is 24.8. The van der Waals surface area contributed by atoms with Gasteiger partial charge in [0.1, 0.15) is 25.3 Å². The highest BCUT2D eigenvalue weighted by molar-refractivity contribution is 5.83. The average molecular weight is 312 g/mol. The summed E-state index contributed by atoms with van der Waals surface area (Å²) >= 11 is 0. The van der Waals surface area contributed by atoms with Crippen molar-refractivity contribution in [1.29, 1.82) is 0 Å². The standard InChI is InChI=1S/C18H12N6/c1-2-4-13(5-3-1)15-7-6-14(17-21-9-19-10-22-17)8-16(15)18-23-11-20-12-24-18/h1-12H. The van der Waals surface area contributed by atoms with Crippen LogP contribution in [0.25, 0.3) is 33.9 Å². The van der Waals surface area contributed by atoms with Gasteiger partial charge in [0, 0.05) is 11.1 Å². The van der Waals surface area contributed by atoms with Crippen molar-refractivity contribution in [3.8, 4) is 33.9 Å². The van der Waals surface area contributed by atoms with Crippen molar-refractivity contribution < 1.29 is 0 Å². The van der Waals surface area contributed by atoms with Crippen LogP contribution in [-0.2, 0) is 0 Å². The van der Waals surface area contributed by atoms with Crippen LogP contribution in [0.2, 0.25) is 0 Å². The molecule has 2 heterocycles. The molecule has 0 aliphatic rings. The van der Waals surface area contributed by atoms with Gasteiger partial charge in [-0.15, -0.1) is 0 Å². The lowest BCUT2D eigenvalue weighted by molar-refractivity contribution is 1.05. The summed E-state index contributed by atoms with van der Waals surface area (Å²) < 4.78 is 0. The molecule has 0 saturated heterocycles. The molecule has 0 aliphatic carbocycles. The molecule has 2 aromatic heterocycles. The Morgan fingerprint density at radius 1 is 0.500 bits per heavy atom. The summed E-state index contributed by atoms with van der Waals surface area (Å²) in [5, 5.41) is 0. The molecule has 6 nitrogen and oxygen atoms in total. The van der Waals surface area contributed by atoms with Gasteiger partial charge in [0.25, 0.3) is 0 Å². The van der Waals surface area contributed by atoms with Crippen molar-refractivity contribution in [2.75, 3.05) is 0 Å². The minimum absolute atomic E-state index is 0.611. The SMILES string of the molecule is c1ccc(-c2ccc(-c3ncncn3)cc2-c2ncncn2)cc1. The van der Waals surface area contributed by atoms with E-state index < -0.39 is 0 Å². The number of hydrogen-bond acceptors (Lipinski definition) is 6. The molecule has 4 rings (SSSR count). The molecule has 6 heteroatoms. The molecule has 0 aliphatic heterocycles. The fourth-order valence-electron chi connectivity index (χ4n) is 2.50. The lowest BCUT2D eigenvalue weighted by atomic mass is 9.96. The van der Waals surface area contributed by atoms with Crippen molar-refractivity contribution in [1.82, 2.24) is 29.9 Å². The van der Waals surface area contributed by atoms with Crippen LogP contribution in [-0.4, -0.2) is 29.9 Å². The van der Waals surface area contributed by atoms with Crippen LogP contribution in [0.1, 0.15) is 0 Å². The van der Waals surface area contributed by atoms with Crippen molar-refractivity contribution in [3.63, 3.8) is 0 Å². The van der Waals surface area contributed by atoms with E-state index in [0.29, 0.717) is 11.6 Å². The van der Waals surface area contributed by atoms with Gasteiger partial charge in [-0.05, 0) is 17.2 Å². The Bertz CT molecular complexity index is 943. The van der Waals surface area contributed by atoms with Gasteiger partial charge in [0.05, 0.1) is 0 Å². The Morgan fingerprint density at radius 3 is 1.79 bits per heavy atom. The molecular weight excluding hydrogens is 300 g/mol. The van der Waals surface area contributed by atoms with E-state index in [1.807, 2.05) is 36.4 Å². The summed E-state index contributed by atoms with van der Waals surface area (Å²) in [6.45, 7) is 0. The van der Waals surface area contributed by atoms with E-state index >= 15 is 0 Å². The Morgan fingerprint density at radius 2 is 1.12 bits per heavy atom. The van der Waals surface area contributed by atoms with Crippen molar-refractivity contribution in [2.45, 2.75) is 0 Å². The van der Waals surface area contributed by atoms with Crippen LogP contribution in [0.4, 0.5) is 0 Å². The molecular formula is C18H12N6. The van der Waals surface area contributed by atoms with Crippen molar-refractivity contribution in [3.05, 3.63) is 73.8 Å². The fourth-order valence-corrected chi connectivity index (χ4v) is 2.50. The summed E-state index contributed by atoms with van der Waals surface area (Å²) in [6, 6.07) is 16.1. The Labute approximate surface area is 138 Å². The van der Waals surface area contributed by atoms with Gasteiger partial charge < -0.3 is 0 Å². The molecule has 2 aromatic carbocycles. The van der Waals surface area contributed by atoms with Crippen molar-refractivity contribution in [2.24, 2.45) is 0 Å². The van der Waals surface area contributed by atoms with E-state index in [9.17, 15) is 0 Å². The number of aromatic nitrogens is 6. The third-order valence-corrected chi connectivity index (χ3v) is 3.59. The molecule has 0 atom stereocenters. The van der Waals surface area contributed by atoms with Crippen LogP contribution in [0.15, 0.2) is 73.8 Å². The second-order valence-corrected chi connectivity index (χ2v) is 5.05. The monoisotopic (exact) mass is 312 g/mol. The lowest BCUT2D eigenvalue weighted by Gasteiger charge is -2.10. The molecule has 0 unspecified atom stereocenters. The maximum atomic E-state index is 4.29. The predicted octanol–water partition coefficient (Wildman–Crippen LogP) is 3.06. The minimum Gasteiger partial charge on any atom is -0.225 e. The maximum absolute atomic E-state index is 4.29. The topological polar surface area (TPSA) is 77.3 Å². The Balaban J connectivity index is 1.92. The second-order valence-electron chi connectivity index (χ2n) is 5.05. The van der Waals surface area contributed by atoms with E-state index in [1.165, 1.54) is 25.3 Å². The largest absolute Gasteiger partial charge is 0.225 e. The Kier molecular flexibility index (Phi) is 3.69. The number of rotatable bonds is 3. The predicted molar refractivity (Wildman–Crippen MR) is 89.5 cm³/mol. The first-order valence-corrected chi connectivity index (χ1v) is 7.36. The van der Waals surface area contributed by atoms with E-state index in [-0.39, 0.29) is 0 Å². The molecule has 0 saturated carbocycles. The highest BCUT2D eigenvalue weighted by Gasteiger charge is 2.12. The van der Waals surface area contributed by atoms with Gasteiger partial charge in [-0.25, -0.2) is 29.9 Å². The van der Waals surface area contributed by atoms with Gasteiger partial charge >= 0.3 is 0 Å². The zero-order valence-corrected chi connectivity index (χ0v) is 12.6. The highest BCUT2D eigenvalue weighted by atomic mass is 15.0. The summed E-state index contributed by atoms with van der Waals surface area (Å²) in [6.07, 6.45) is 5.95. The summed E-state index contributed by atoms with van der Waals surface area (Å²) in [5.74, 6) is 1.22. The van der Waals surface area contributed by atoms with Gasteiger partial charge in [-0.3, -0.25) is 0 Å². The minimum atomic E-state index is 0.611. The first kappa shape index (κ1) is 14.1. The van der Waals surface area contributed by atoms with Gasteiger partial charge in [-0.2, -0.15) is 0 Å². The van der Waals surface area contributed by atoms with E-state index in [1.54, 1.807) is 0 Å². The molecule has 0 radical (unpaired) electrons. The second kappa shape index (κ2) is 6.29. The van der Waals surface area contributed by atoms with Crippen LogP contribution >= 0.6 is 0 Å². The number of benzene rings is 2. The molecule has 4 aromatic rings. The van der Waals surface area contributed by atoms with E-state index in [4.69, 9.17) is 0 Å². The van der Waals surface area contributed by atoms with Crippen LogP contribution in [0.3, 0.4) is 0 Å². The van der Waals surface area contributed by atoms with Crippen LogP contribution in [0, 0.1) is 0 Å². The van der Waals surface area contributed by atoms with E-state index in [0.717, 1.165) is 22.3 Å². The summed E-state index contributed by atoms with van der Waals surface area (Å²) in [5.41, 5.74) is 3.92. The van der Waals surface area contributed by atoms with Crippen molar-refractivity contribution >= 4 is 0 Å². The van der Waals surface area contributed by atoms with E-state index in [2.05, 4.69) is 42.0 Å². The third-order valence-electron chi connectivity index (χ3n) is 3.59. The molecule has 114 valence electrons. The van der Waals surface area contributed by atoms with Crippen LogP contribution in [0.5, 0.6) is 0 Å². The van der Waals surface area contributed by atoms with Gasteiger partial charge in [-0.1, -0.05) is 42.5 Å². The zero-order valence-electron chi connectivity index (χ0n) is 12.6. The molecule has 0 fully saturated rings. The van der Waals surface area contributed by atoms with Crippen LogP contribution < -0.4 is 0 Å². The average Bonchev–Trinajstić information content (AvgIpc) is 2.69. The Hall–Kier alpha value is -3.54. The fraction of sp³-hybridized carbons (Fsp3) is 0. The van der Waals surface area contributed by atoms with Gasteiger partial charge in [0.15, 0.2) is 11.6 Å². The normalized spacial score (nSPS) is 10.5. The molecule has 0 bridgehead atoms. The molecule has 0 spiro atoms. The molecule has 0 amide bonds. The number of nitrogens with zero attached hydrogens (tertiary/aromatic N) is 6. The molecule has 0 N–H and O–H groups in total. The zero-order chi connectivity index (χ0) is 16.2. The third kappa shape index (κ3) is 2.72. The lowest BCUT2D eigenvalue weighted by Crippen LogP contribution is -1.95. The highest BCUT2D eigenvalue weighted by Crippen LogP contribution is 2.32. The molecule has 24 heavy (non-hydrogen) atoms. The first-order chi connectivity index (χ1) is 11.9. The number of hydrogen-bond donors (Lipinski definition) is 0.